The van der Waals surface area contributed by atoms with E-state index in [0.717, 1.165) is 10.2 Å². The monoisotopic (exact) mass is 231 g/mol. The Bertz CT molecular complexity index is 666. The number of rotatable bonds is 2. The second-order valence-corrected chi connectivity index (χ2v) is 4.48. The molecule has 0 N–H and O–H groups in total. The van der Waals surface area contributed by atoms with Gasteiger partial charge in [0.15, 0.2) is 0 Å². The van der Waals surface area contributed by atoms with Gasteiger partial charge in [-0.05, 0) is 12.1 Å². The largest absolute Gasteiger partial charge is 0.319 e. The molecule has 2 aromatic heterocycles. The van der Waals surface area contributed by atoms with Crippen molar-refractivity contribution in [3.8, 4) is 0 Å². The molecule has 0 spiro atoms. The lowest BCUT2D eigenvalue weighted by Crippen LogP contribution is -2.17. The molecule has 0 bridgehead atoms. The summed E-state index contributed by atoms with van der Waals surface area (Å²) in [6.45, 7) is 0.517. The van der Waals surface area contributed by atoms with Crippen molar-refractivity contribution in [1.29, 1.82) is 0 Å². The third kappa shape index (κ3) is 1.45. The van der Waals surface area contributed by atoms with Crippen molar-refractivity contribution < 1.29 is 0 Å². The van der Waals surface area contributed by atoms with Gasteiger partial charge in [-0.2, -0.15) is 0 Å². The van der Waals surface area contributed by atoms with E-state index in [-0.39, 0.29) is 4.87 Å². The Morgan fingerprint density at radius 3 is 3.00 bits per heavy atom. The maximum atomic E-state index is 11.8. The van der Waals surface area contributed by atoms with Crippen LogP contribution in [0.15, 0.2) is 47.8 Å². The van der Waals surface area contributed by atoms with Gasteiger partial charge in [-0.25, -0.2) is 4.98 Å². The fraction of sp³-hybridized carbons (Fsp3) is 0.0909. The van der Waals surface area contributed by atoms with E-state index in [2.05, 4.69) is 4.98 Å². The summed E-state index contributed by atoms with van der Waals surface area (Å²) in [5, 5.41) is 0. The van der Waals surface area contributed by atoms with Gasteiger partial charge in [-0.15, -0.1) is 0 Å². The van der Waals surface area contributed by atoms with Crippen LogP contribution >= 0.6 is 11.3 Å². The predicted molar refractivity (Wildman–Crippen MR) is 63.7 cm³/mol. The number of imidazole rings is 1. The first kappa shape index (κ1) is 9.35. The molecule has 0 saturated heterocycles. The molecule has 1 aromatic carbocycles. The van der Waals surface area contributed by atoms with Gasteiger partial charge in [0, 0.05) is 12.4 Å². The minimum atomic E-state index is 0.0647. The van der Waals surface area contributed by atoms with Gasteiger partial charge < -0.3 is 4.57 Å². The van der Waals surface area contributed by atoms with E-state index in [1.165, 1.54) is 11.3 Å². The Labute approximate surface area is 95.4 Å². The zero-order chi connectivity index (χ0) is 11.0. The van der Waals surface area contributed by atoms with Crippen LogP contribution in [0, 0.1) is 0 Å². The zero-order valence-corrected chi connectivity index (χ0v) is 9.22. The van der Waals surface area contributed by atoms with E-state index in [1.54, 1.807) is 17.1 Å². The van der Waals surface area contributed by atoms with Crippen LogP contribution < -0.4 is 4.87 Å². The molecule has 0 aliphatic rings. The normalized spacial score (nSPS) is 11.0. The average Bonchev–Trinajstić information content (AvgIpc) is 2.89. The van der Waals surface area contributed by atoms with Crippen LogP contribution in [0.1, 0.15) is 0 Å². The molecule has 5 heteroatoms. The van der Waals surface area contributed by atoms with E-state index >= 15 is 0 Å². The molecule has 3 aromatic rings. The van der Waals surface area contributed by atoms with Crippen molar-refractivity contribution >= 4 is 21.6 Å². The van der Waals surface area contributed by atoms with Crippen LogP contribution in [0.3, 0.4) is 0 Å². The highest BCUT2D eigenvalue weighted by Crippen LogP contribution is 2.16. The smallest absolute Gasteiger partial charge is 0.309 e. The van der Waals surface area contributed by atoms with Crippen molar-refractivity contribution in [2.24, 2.45) is 0 Å². The van der Waals surface area contributed by atoms with Gasteiger partial charge in [0.05, 0.1) is 16.5 Å². The lowest BCUT2D eigenvalue weighted by atomic mass is 10.3. The Kier molecular flexibility index (Phi) is 2.11. The van der Waals surface area contributed by atoms with Crippen LogP contribution in [-0.4, -0.2) is 14.1 Å². The van der Waals surface area contributed by atoms with Crippen molar-refractivity contribution in [1.82, 2.24) is 14.1 Å². The molecule has 0 saturated carbocycles. The van der Waals surface area contributed by atoms with Crippen molar-refractivity contribution in [2.75, 3.05) is 0 Å². The van der Waals surface area contributed by atoms with E-state index < -0.39 is 0 Å². The molecule has 80 valence electrons. The number of hydrogen-bond donors (Lipinski definition) is 0. The predicted octanol–water partition coefficient (Wildman–Crippen LogP) is 1.77. The summed E-state index contributed by atoms with van der Waals surface area (Å²) in [6.07, 6.45) is 5.26. The highest BCUT2D eigenvalue weighted by molar-refractivity contribution is 7.16. The maximum absolute atomic E-state index is 11.8. The van der Waals surface area contributed by atoms with E-state index in [4.69, 9.17) is 0 Å². The molecule has 0 amide bonds. The summed E-state index contributed by atoms with van der Waals surface area (Å²) >= 11 is 1.27. The minimum Gasteiger partial charge on any atom is -0.319 e. The Hall–Kier alpha value is -1.88. The molecule has 2 heterocycles. The van der Waals surface area contributed by atoms with Crippen molar-refractivity contribution in [2.45, 2.75) is 6.67 Å². The second-order valence-electron chi connectivity index (χ2n) is 3.48. The summed E-state index contributed by atoms with van der Waals surface area (Å²) in [7, 11) is 0. The molecule has 3 rings (SSSR count). The Morgan fingerprint density at radius 2 is 2.19 bits per heavy atom. The SMILES string of the molecule is O=c1sc2ccccc2n1Cn1ccnc1. The van der Waals surface area contributed by atoms with Gasteiger partial charge in [0.2, 0.25) is 0 Å². The topological polar surface area (TPSA) is 39.8 Å². The number of nitrogens with zero attached hydrogens (tertiary/aromatic N) is 3. The van der Waals surface area contributed by atoms with Crippen LogP contribution in [0.4, 0.5) is 0 Å². The molecular formula is C11H9N3OS. The summed E-state index contributed by atoms with van der Waals surface area (Å²) in [5.74, 6) is 0. The van der Waals surface area contributed by atoms with Crippen LogP contribution in [-0.2, 0) is 6.67 Å². The first-order valence-electron chi connectivity index (χ1n) is 4.89. The number of aromatic nitrogens is 3. The first-order chi connectivity index (χ1) is 7.84. The molecule has 0 atom stereocenters. The molecule has 4 nitrogen and oxygen atoms in total. The van der Waals surface area contributed by atoms with Gasteiger partial charge >= 0.3 is 4.87 Å². The van der Waals surface area contributed by atoms with Crippen molar-refractivity contribution in [3.05, 3.63) is 52.7 Å². The summed E-state index contributed by atoms with van der Waals surface area (Å²) in [5.41, 5.74) is 0.978. The average molecular weight is 231 g/mol. The fourth-order valence-corrected chi connectivity index (χ4v) is 2.57. The highest BCUT2D eigenvalue weighted by Gasteiger charge is 2.06. The molecule has 0 radical (unpaired) electrons. The van der Waals surface area contributed by atoms with Gasteiger partial charge in [0.1, 0.15) is 6.67 Å². The van der Waals surface area contributed by atoms with E-state index in [9.17, 15) is 4.79 Å². The van der Waals surface area contributed by atoms with Gasteiger partial charge in [-0.1, -0.05) is 23.5 Å². The van der Waals surface area contributed by atoms with Crippen LogP contribution in [0.2, 0.25) is 0 Å². The third-order valence-corrected chi connectivity index (χ3v) is 3.40. The lowest BCUT2D eigenvalue weighted by molar-refractivity contribution is 0.616. The molecule has 0 unspecified atom stereocenters. The molecular weight excluding hydrogens is 222 g/mol. The fourth-order valence-electron chi connectivity index (χ4n) is 1.68. The minimum absolute atomic E-state index is 0.0647. The number of fused-ring (bicyclic) bond motifs is 1. The summed E-state index contributed by atoms with van der Waals surface area (Å²) in [4.78, 5) is 15.8. The third-order valence-electron chi connectivity index (χ3n) is 2.44. The Balaban J connectivity index is 2.16. The van der Waals surface area contributed by atoms with Crippen molar-refractivity contribution in [3.63, 3.8) is 0 Å². The number of hydrogen-bond acceptors (Lipinski definition) is 3. The molecule has 0 aliphatic heterocycles. The molecule has 0 fully saturated rings. The maximum Gasteiger partial charge on any atom is 0.309 e. The quantitative estimate of drug-likeness (QED) is 0.674. The first-order valence-corrected chi connectivity index (χ1v) is 5.70. The zero-order valence-electron chi connectivity index (χ0n) is 8.41. The van der Waals surface area contributed by atoms with E-state index in [1.807, 2.05) is 35.0 Å². The lowest BCUT2D eigenvalue weighted by Gasteiger charge is -2.03. The number of para-hydroxylation sites is 1. The highest BCUT2D eigenvalue weighted by atomic mass is 32.1. The van der Waals surface area contributed by atoms with Crippen LogP contribution in [0.5, 0.6) is 0 Å². The molecule has 16 heavy (non-hydrogen) atoms. The standard InChI is InChI=1S/C11H9N3OS/c15-11-14(8-13-6-5-12-7-13)9-3-1-2-4-10(9)16-11/h1-7H,8H2. The number of thiazole rings is 1. The summed E-state index contributed by atoms with van der Waals surface area (Å²) < 4.78 is 4.65. The Morgan fingerprint density at radius 1 is 1.31 bits per heavy atom. The molecule has 0 aliphatic carbocycles. The summed E-state index contributed by atoms with van der Waals surface area (Å²) in [6, 6.07) is 7.81. The van der Waals surface area contributed by atoms with E-state index in [0.29, 0.717) is 6.67 Å². The number of benzene rings is 1. The van der Waals surface area contributed by atoms with Gasteiger partial charge in [0.25, 0.3) is 0 Å². The van der Waals surface area contributed by atoms with Gasteiger partial charge in [-0.3, -0.25) is 9.36 Å². The second kappa shape index (κ2) is 3.61. The van der Waals surface area contributed by atoms with Crippen LogP contribution in [0.25, 0.3) is 10.2 Å².